The predicted octanol–water partition coefficient (Wildman–Crippen LogP) is 4.85. The maximum absolute atomic E-state index is 5.94. The summed E-state index contributed by atoms with van der Waals surface area (Å²) < 4.78 is 0. The first-order chi connectivity index (χ1) is 9.69. The molecule has 0 fully saturated rings. The maximum Gasteiger partial charge on any atom is 0.129 e. The Hall–Kier alpha value is -1.54. The van der Waals surface area contributed by atoms with Crippen LogP contribution >= 0.6 is 11.6 Å². The van der Waals surface area contributed by atoms with Gasteiger partial charge < -0.3 is 4.90 Å². The van der Waals surface area contributed by atoms with Gasteiger partial charge in [0.25, 0.3) is 0 Å². The smallest absolute Gasteiger partial charge is 0.129 e. The number of aryl methyl sites for hydroxylation is 1. The molecule has 0 aliphatic rings. The molecule has 0 amide bonds. The Morgan fingerprint density at radius 1 is 1.15 bits per heavy atom. The number of anilines is 1. The summed E-state index contributed by atoms with van der Waals surface area (Å²) in [6.07, 6.45) is 4.23. The first-order valence-electron chi connectivity index (χ1n) is 7.11. The van der Waals surface area contributed by atoms with E-state index in [4.69, 9.17) is 11.6 Å². The Balaban J connectivity index is 2.16. The number of hydrogen-bond donors (Lipinski definition) is 0. The van der Waals surface area contributed by atoms with Gasteiger partial charge in [-0.2, -0.15) is 0 Å². The molecule has 0 aliphatic heterocycles. The Morgan fingerprint density at radius 3 is 2.55 bits per heavy atom. The number of aromatic nitrogens is 1. The van der Waals surface area contributed by atoms with Crippen LogP contribution in [-0.4, -0.2) is 11.5 Å². The van der Waals surface area contributed by atoms with Crippen molar-refractivity contribution in [3.63, 3.8) is 0 Å². The van der Waals surface area contributed by atoms with Gasteiger partial charge in [0.1, 0.15) is 5.82 Å². The number of rotatable bonds is 6. The highest BCUT2D eigenvalue weighted by atomic mass is 35.5. The molecule has 3 heteroatoms. The molecule has 1 heterocycles. The molecule has 0 atom stereocenters. The first kappa shape index (κ1) is 14.9. The van der Waals surface area contributed by atoms with E-state index in [0.29, 0.717) is 0 Å². The third-order valence-electron chi connectivity index (χ3n) is 3.29. The van der Waals surface area contributed by atoms with Crippen molar-refractivity contribution in [2.75, 3.05) is 11.4 Å². The zero-order chi connectivity index (χ0) is 14.4. The lowest BCUT2D eigenvalue weighted by Gasteiger charge is -2.24. The van der Waals surface area contributed by atoms with Gasteiger partial charge in [-0.25, -0.2) is 4.98 Å². The topological polar surface area (TPSA) is 16.1 Å². The molecule has 106 valence electrons. The van der Waals surface area contributed by atoms with Crippen molar-refractivity contribution < 1.29 is 0 Å². The fraction of sp³-hybridized carbons (Fsp3) is 0.353. The molecule has 1 aromatic carbocycles. The number of hydrogen-bond acceptors (Lipinski definition) is 2. The van der Waals surface area contributed by atoms with Crippen LogP contribution in [0.3, 0.4) is 0 Å². The SMILES string of the molecule is CCCCN(Cc1ccc(Cl)cc1)c1cc(C)ccn1. The zero-order valence-corrected chi connectivity index (χ0v) is 12.9. The standard InChI is InChI=1S/C17H21ClN2/c1-3-4-11-20(17-12-14(2)9-10-19-17)13-15-5-7-16(18)8-6-15/h5-10,12H,3-4,11,13H2,1-2H3. The van der Waals surface area contributed by atoms with E-state index in [1.807, 2.05) is 24.4 Å². The minimum absolute atomic E-state index is 0.780. The highest BCUT2D eigenvalue weighted by molar-refractivity contribution is 6.30. The fourth-order valence-electron chi connectivity index (χ4n) is 2.13. The maximum atomic E-state index is 5.94. The van der Waals surface area contributed by atoms with Gasteiger partial charge in [-0.05, 0) is 48.7 Å². The Kier molecular flexibility index (Phi) is 5.42. The Morgan fingerprint density at radius 2 is 1.90 bits per heavy atom. The van der Waals surface area contributed by atoms with Crippen molar-refractivity contribution >= 4 is 17.4 Å². The van der Waals surface area contributed by atoms with Crippen LogP contribution in [0.2, 0.25) is 5.02 Å². The van der Waals surface area contributed by atoms with Crippen molar-refractivity contribution in [2.24, 2.45) is 0 Å². The normalized spacial score (nSPS) is 10.6. The van der Waals surface area contributed by atoms with E-state index in [9.17, 15) is 0 Å². The molecule has 20 heavy (non-hydrogen) atoms. The van der Waals surface area contributed by atoms with Crippen molar-refractivity contribution in [2.45, 2.75) is 33.2 Å². The Labute approximate surface area is 126 Å². The quantitative estimate of drug-likeness (QED) is 0.755. The highest BCUT2D eigenvalue weighted by Crippen LogP contribution is 2.18. The molecule has 0 radical (unpaired) electrons. The molecule has 2 rings (SSSR count). The van der Waals surface area contributed by atoms with Gasteiger partial charge in [0, 0.05) is 24.3 Å². The van der Waals surface area contributed by atoms with Gasteiger partial charge in [-0.3, -0.25) is 0 Å². The van der Waals surface area contributed by atoms with Crippen LogP contribution in [0.4, 0.5) is 5.82 Å². The molecule has 0 unspecified atom stereocenters. The van der Waals surface area contributed by atoms with E-state index < -0.39 is 0 Å². The summed E-state index contributed by atoms with van der Waals surface area (Å²) in [6.45, 7) is 6.21. The number of nitrogens with zero attached hydrogens (tertiary/aromatic N) is 2. The summed E-state index contributed by atoms with van der Waals surface area (Å²) >= 11 is 5.94. The van der Waals surface area contributed by atoms with Gasteiger partial charge in [-0.15, -0.1) is 0 Å². The van der Waals surface area contributed by atoms with Gasteiger partial charge in [0.15, 0.2) is 0 Å². The summed E-state index contributed by atoms with van der Waals surface area (Å²) in [5.41, 5.74) is 2.50. The van der Waals surface area contributed by atoms with Crippen LogP contribution in [0.1, 0.15) is 30.9 Å². The van der Waals surface area contributed by atoms with Crippen molar-refractivity contribution in [1.29, 1.82) is 0 Å². The van der Waals surface area contributed by atoms with Gasteiger partial charge >= 0.3 is 0 Å². The molecular weight excluding hydrogens is 268 g/mol. The van der Waals surface area contributed by atoms with E-state index in [0.717, 1.165) is 23.9 Å². The monoisotopic (exact) mass is 288 g/mol. The van der Waals surface area contributed by atoms with Crippen LogP contribution < -0.4 is 4.90 Å². The van der Waals surface area contributed by atoms with Crippen LogP contribution in [0, 0.1) is 6.92 Å². The van der Waals surface area contributed by atoms with Crippen LogP contribution in [0.25, 0.3) is 0 Å². The summed E-state index contributed by atoms with van der Waals surface area (Å²) in [6, 6.07) is 12.2. The van der Waals surface area contributed by atoms with Gasteiger partial charge in [0.2, 0.25) is 0 Å². The average Bonchev–Trinajstić information content (AvgIpc) is 2.45. The van der Waals surface area contributed by atoms with Crippen LogP contribution in [-0.2, 0) is 6.54 Å². The lowest BCUT2D eigenvalue weighted by atomic mass is 10.2. The number of pyridine rings is 1. The van der Waals surface area contributed by atoms with E-state index in [2.05, 4.69) is 41.9 Å². The summed E-state index contributed by atoms with van der Waals surface area (Å²) in [5, 5.41) is 0.780. The van der Waals surface area contributed by atoms with Crippen LogP contribution in [0.5, 0.6) is 0 Å². The second kappa shape index (κ2) is 7.30. The third kappa shape index (κ3) is 4.24. The van der Waals surface area contributed by atoms with Gasteiger partial charge in [0.05, 0.1) is 0 Å². The largest absolute Gasteiger partial charge is 0.352 e. The van der Waals surface area contributed by atoms with Crippen molar-refractivity contribution in [3.05, 3.63) is 58.7 Å². The number of halogens is 1. The molecule has 0 saturated heterocycles. The van der Waals surface area contributed by atoms with E-state index in [-0.39, 0.29) is 0 Å². The van der Waals surface area contributed by atoms with E-state index >= 15 is 0 Å². The Bertz CT molecular complexity index is 537. The lowest BCUT2D eigenvalue weighted by Crippen LogP contribution is -2.24. The lowest BCUT2D eigenvalue weighted by molar-refractivity contribution is 0.707. The molecule has 0 N–H and O–H groups in total. The zero-order valence-electron chi connectivity index (χ0n) is 12.1. The van der Waals surface area contributed by atoms with Crippen molar-refractivity contribution in [3.8, 4) is 0 Å². The fourth-order valence-corrected chi connectivity index (χ4v) is 2.25. The molecule has 1 aromatic heterocycles. The van der Waals surface area contributed by atoms with E-state index in [1.54, 1.807) is 0 Å². The van der Waals surface area contributed by atoms with Gasteiger partial charge in [-0.1, -0.05) is 37.1 Å². The molecule has 0 aliphatic carbocycles. The highest BCUT2D eigenvalue weighted by Gasteiger charge is 2.08. The first-order valence-corrected chi connectivity index (χ1v) is 7.49. The average molecular weight is 289 g/mol. The summed E-state index contributed by atoms with van der Waals surface area (Å²) in [7, 11) is 0. The molecule has 0 bridgehead atoms. The van der Waals surface area contributed by atoms with Crippen molar-refractivity contribution in [1.82, 2.24) is 4.98 Å². The second-order valence-electron chi connectivity index (χ2n) is 5.09. The number of unbranched alkanes of at least 4 members (excludes halogenated alkanes) is 1. The van der Waals surface area contributed by atoms with Crippen LogP contribution in [0.15, 0.2) is 42.6 Å². The molecule has 0 spiro atoms. The summed E-state index contributed by atoms with van der Waals surface area (Å²) in [4.78, 5) is 6.84. The second-order valence-corrected chi connectivity index (χ2v) is 5.53. The molecule has 2 aromatic rings. The summed E-state index contributed by atoms with van der Waals surface area (Å²) in [5.74, 6) is 1.05. The molecule has 0 saturated carbocycles. The minimum atomic E-state index is 0.780. The third-order valence-corrected chi connectivity index (χ3v) is 3.55. The molecule has 2 nitrogen and oxygen atoms in total. The number of benzene rings is 1. The minimum Gasteiger partial charge on any atom is -0.352 e. The molecular formula is C17H21ClN2. The van der Waals surface area contributed by atoms with E-state index in [1.165, 1.54) is 24.0 Å². The predicted molar refractivity (Wildman–Crippen MR) is 86.4 cm³/mol.